The second kappa shape index (κ2) is 10.5. The molecule has 0 aliphatic carbocycles. The van der Waals surface area contributed by atoms with E-state index in [4.69, 9.17) is 0 Å². The van der Waals surface area contributed by atoms with Gasteiger partial charge in [-0.2, -0.15) is 36.4 Å². The Hall–Kier alpha value is -0.547. The molecule has 1 heteroatoms. The maximum Gasteiger partial charge on any atom is -0.172 e. The van der Waals surface area contributed by atoms with Gasteiger partial charge in [0, 0.05) is 0 Å². The molecule has 0 aliphatic heterocycles. The van der Waals surface area contributed by atoms with Gasteiger partial charge in [0.1, 0.15) is 0 Å². The molecule has 0 nitrogen and oxygen atoms in total. The van der Waals surface area contributed by atoms with Gasteiger partial charge in [0.05, 0.1) is 0 Å². The van der Waals surface area contributed by atoms with Gasteiger partial charge in [-0.05, 0) is 0 Å². The topological polar surface area (TPSA) is 0 Å². The minimum Gasteiger partial charge on any atom is -0.214 e. The SMILES string of the molecule is C[C](C)=[Zr+2].c1cc[cH-]c1.c1cc[cH-]c1. The summed E-state index contributed by atoms with van der Waals surface area (Å²) in [6.45, 7) is 4.25. The van der Waals surface area contributed by atoms with Gasteiger partial charge in [0.2, 0.25) is 0 Å². The van der Waals surface area contributed by atoms with E-state index >= 15 is 0 Å². The fourth-order valence-corrected chi connectivity index (χ4v) is 0.642. The van der Waals surface area contributed by atoms with Gasteiger partial charge in [0.15, 0.2) is 0 Å². The van der Waals surface area contributed by atoms with E-state index in [2.05, 4.69) is 13.8 Å². The van der Waals surface area contributed by atoms with E-state index in [1.807, 2.05) is 60.7 Å². The molecule has 0 unspecified atom stereocenters. The summed E-state index contributed by atoms with van der Waals surface area (Å²) in [6.07, 6.45) is 0. The van der Waals surface area contributed by atoms with Crippen LogP contribution in [-0.4, -0.2) is 3.21 Å². The maximum absolute atomic E-state index is 2.12. The third-order valence-electron chi connectivity index (χ3n) is 1.11. The summed E-state index contributed by atoms with van der Waals surface area (Å²) in [7, 11) is 0. The van der Waals surface area contributed by atoms with Crippen LogP contribution in [0.1, 0.15) is 13.8 Å². The van der Waals surface area contributed by atoms with Crippen molar-refractivity contribution in [2.75, 3.05) is 0 Å². The first-order chi connectivity index (χ1) is 6.73. The molecule has 0 heterocycles. The molecule has 0 aliphatic rings. The van der Waals surface area contributed by atoms with Crippen molar-refractivity contribution in [2.45, 2.75) is 13.8 Å². The van der Waals surface area contributed by atoms with Gasteiger partial charge >= 0.3 is 41.3 Å². The molecule has 2 aromatic carbocycles. The van der Waals surface area contributed by atoms with Crippen LogP contribution in [0.25, 0.3) is 0 Å². The molecule has 0 bridgehead atoms. The van der Waals surface area contributed by atoms with E-state index in [0.29, 0.717) is 0 Å². The zero-order valence-corrected chi connectivity index (χ0v) is 11.2. The molecule has 0 N–H and O–H groups in total. The van der Waals surface area contributed by atoms with Crippen LogP contribution in [0, 0.1) is 0 Å². The summed E-state index contributed by atoms with van der Waals surface area (Å²) in [5.74, 6) is 0. The van der Waals surface area contributed by atoms with E-state index in [0.717, 1.165) is 0 Å². The van der Waals surface area contributed by atoms with Gasteiger partial charge < -0.3 is 0 Å². The second-order valence-corrected chi connectivity index (χ2v) is 5.38. The fourth-order valence-electron chi connectivity index (χ4n) is 0.642. The van der Waals surface area contributed by atoms with Crippen LogP contribution in [0.5, 0.6) is 0 Å². The van der Waals surface area contributed by atoms with Crippen LogP contribution in [-0.2, 0) is 24.2 Å². The van der Waals surface area contributed by atoms with Gasteiger partial charge in [-0.15, -0.1) is 0 Å². The van der Waals surface area contributed by atoms with Crippen LogP contribution >= 0.6 is 0 Å². The standard InChI is InChI=1S/2C5H5.C3H6.Zr/c2*1-2-4-5-3-1;1-3-2;/h2*1-5H;1-2H3;/q2*-1;;+2. The molecule has 0 radical (unpaired) electrons. The summed E-state index contributed by atoms with van der Waals surface area (Å²) >= 11 is 1.55. The molecule has 2 aromatic rings. The summed E-state index contributed by atoms with van der Waals surface area (Å²) in [4.78, 5) is 0. The fraction of sp³-hybridized carbons (Fsp3) is 0.154. The summed E-state index contributed by atoms with van der Waals surface area (Å²) in [6, 6.07) is 20.0. The number of hydrogen-bond acceptors (Lipinski definition) is 0. The molecule has 0 atom stereocenters. The summed E-state index contributed by atoms with van der Waals surface area (Å²) in [5.41, 5.74) is 0. The van der Waals surface area contributed by atoms with Crippen LogP contribution in [0.15, 0.2) is 60.7 Å². The van der Waals surface area contributed by atoms with Crippen molar-refractivity contribution in [2.24, 2.45) is 0 Å². The predicted molar refractivity (Wildman–Crippen MR) is 60.4 cm³/mol. The third kappa shape index (κ3) is 14.0. The Morgan fingerprint density at radius 3 is 1.07 bits per heavy atom. The second-order valence-electron chi connectivity index (χ2n) is 2.92. The Bertz CT molecular complexity index is 212. The van der Waals surface area contributed by atoms with Gasteiger partial charge in [-0.25, -0.2) is 24.3 Å². The van der Waals surface area contributed by atoms with Crippen molar-refractivity contribution >= 4 is 3.21 Å². The van der Waals surface area contributed by atoms with Crippen LogP contribution in [0.3, 0.4) is 0 Å². The van der Waals surface area contributed by atoms with Gasteiger partial charge in [-0.1, -0.05) is 0 Å². The molecule has 14 heavy (non-hydrogen) atoms. The number of hydrogen-bond donors (Lipinski definition) is 0. The van der Waals surface area contributed by atoms with Crippen molar-refractivity contribution in [3.63, 3.8) is 0 Å². The Balaban J connectivity index is 0.000000183. The first kappa shape index (κ1) is 13.5. The predicted octanol–water partition coefficient (Wildman–Crippen LogP) is 3.56. The molecule has 0 saturated heterocycles. The Morgan fingerprint density at radius 2 is 1.00 bits per heavy atom. The molecule has 0 fully saturated rings. The largest absolute Gasteiger partial charge is 0.214 e. The molecule has 0 saturated carbocycles. The zero-order chi connectivity index (χ0) is 10.6. The Morgan fingerprint density at radius 1 is 0.786 bits per heavy atom. The Labute approximate surface area is 102 Å². The van der Waals surface area contributed by atoms with Crippen molar-refractivity contribution < 1.29 is 24.2 Å². The molecule has 2 rings (SSSR count). The molecule has 0 amide bonds. The molecule has 0 aromatic heterocycles. The summed E-state index contributed by atoms with van der Waals surface area (Å²) < 4.78 is 1.51. The van der Waals surface area contributed by atoms with E-state index < -0.39 is 0 Å². The molecule has 72 valence electrons. The first-order valence-electron chi connectivity index (χ1n) is 4.58. The van der Waals surface area contributed by atoms with Crippen LogP contribution < -0.4 is 0 Å². The first-order valence-corrected chi connectivity index (χ1v) is 5.81. The van der Waals surface area contributed by atoms with E-state index in [-0.39, 0.29) is 0 Å². The number of rotatable bonds is 0. The Kier molecular flexibility index (Phi) is 10.1. The average molecular weight is 263 g/mol. The van der Waals surface area contributed by atoms with Crippen molar-refractivity contribution in [3.8, 4) is 0 Å². The monoisotopic (exact) mass is 262 g/mol. The minimum absolute atomic E-state index is 1.51. The summed E-state index contributed by atoms with van der Waals surface area (Å²) in [5, 5.41) is 0. The van der Waals surface area contributed by atoms with Crippen LogP contribution in [0.4, 0.5) is 0 Å². The smallest absolute Gasteiger partial charge is 0.172 e. The van der Waals surface area contributed by atoms with E-state index in [9.17, 15) is 0 Å². The van der Waals surface area contributed by atoms with Crippen molar-refractivity contribution in [3.05, 3.63) is 60.7 Å². The third-order valence-corrected chi connectivity index (χ3v) is 1.11. The minimum atomic E-state index is 1.51. The maximum atomic E-state index is 2.12. The molecule has 0 spiro atoms. The van der Waals surface area contributed by atoms with Gasteiger partial charge in [0.25, 0.3) is 0 Å². The van der Waals surface area contributed by atoms with Crippen LogP contribution in [0.2, 0.25) is 0 Å². The molecular formula is C13H16Zr. The normalized spacial score (nSPS) is 7.71. The molecular weight excluding hydrogens is 247 g/mol. The van der Waals surface area contributed by atoms with Crippen molar-refractivity contribution in [1.82, 2.24) is 0 Å². The van der Waals surface area contributed by atoms with Gasteiger partial charge in [-0.3, -0.25) is 0 Å². The average Bonchev–Trinajstić information content (AvgIpc) is 2.83. The van der Waals surface area contributed by atoms with E-state index in [1.165, 1.54) is 3.21 Å². The zero-order valence-electron chi connectivity index (χ0n) is 8.77. The van der Waals surface area contributed by atoms with Crippen molar-refractivity contribution in [1.29, 1.82) is 0 Å². The quantitative estimate of drug-likeness (QED) is 0.638. The van der Waals surface area contributed by atoms with E-state index in [1.54, 1.807) is 24.2 Å².